The number of hydrogen-bond donors (Lipinski definition) is 3. The minimum absolute atomic E-state index is 0.166. The second kappa shape index (κ2) is 11.0. The third-order valence-corrected chi connectivity index (χ3v) is 8.64. The summed E-state index contributed by atoms with van der Waals surface area (Å²) in [6.45, 7) is 2.16. The number of halogens is 2. The Morgan fingerprint density at radius 2 is 1.87 bits per heavy atom. The number of hydrogen-bond acceptors (Lipinski definition) is 5. The highest BCUT2D eigenvalue weighted by Crippen LogP contribution is 2.39. The maximum absolute atomic E-state index is 14.1. The van der Waals surface area contributed by atoms with E-state index in [1.54, 1.807) is 59.3 Å². The Bertz CT molecular complexity index is 1430. The molecule has 0 aromatic heterocycles. The van der Waals surface area contributed by atoms with Crippen molar-refractivity contribution in [2.45, 2.75) is 38.6 Å². The SMILES string of the molecule is CNC(=O)c1ccc(N2C(=O)C3=C(CN(C(=O)c4ccc(Br)c(Cl)c4)[C@H](C)C3)N/C2=C(\C=N)CC2CC2)cc1. The number of nitrogens with zero attached hydrogens (tertiary/aromatic N) is 2. The van der Waals surface area contributed by atoms with E-state index in [1.165, 1.54) is 6.21 Å². The Morgan fingerprint density at radius 1 is 1.18 bits per heavy atom. The first kappa shape index (κ1) is 27.1. The summed E-state index contributed by atoms with van der Waals surface area (Å²) in [6.07, 6.45) is 4.57. The summed E-state index contributed by atoms with van der Waals surface area (Å²) >= 11 is 9.62. The molecule has 2 aromatic carbocycles. The van der Waals surface area contributed by atoms with Crippen LogP contribution >= 0.6 is 27.5 Å². The van der Waals surface area contributed by atoms with Crippen LogP contribution in [0.5, 0.6) is 0 Å². The van der Waals surface area contributed by atoms with Crippen LogP contribution in [-0.4, -0.2) is 48.5 Å². The Balaban J connectivity index is 1.52. The molecule has 0 saturated heterocycles. The molecule has 3 amide bonds. The quantitative estimate of drug-likeness (QED) is 0.389. The monoisotopic (exact) mass is 609 g/mol. The molecule has 0 radical (unpaired) electrons. The maximum atomic E-state index is 14.1. The van der Waals surface area contributed by atoms with Crippen molar-refractivity contribution in [3.63, 3.8) is 0 Å². The van der Waals surface area contributed by atoms with Crippen LogP contribution in [0.25, 0.3) is 0 Å². The molecule has 2 heterocycles. The lowest BCUT2D eigenvalue weighted by atomic mass is 9.94. The molecule has 0 bridgehead atoms. The summed E-state index contributed by atoms with van der Waals surface area (Å²) in [6, 6.07) is 11.7. The van der Waals surface area contributed by atoms with Crippen molar-refractivity contribution >= 4 is 57.2 Å². The lowest BCUT2D eigenvalue weighted by Gasteiger charge is -2.42. The zero-order valence-corrected chi connectivity index (χ0v) is 24.0. The van der Waals surface area contributed by atoms with Crippen molar-refractivity contribution in [3.05, 3.63) is 85.8 Å². The molecule has 202 valence electrons. The molecular weight excluding hydrogens is 582 g/mol. The Labute approximate surface area is 240 Å². The van der Waals surface area contributed by atoms with E-state index >= 15 is 0 Å². The number of allylic oxidation sites excluding steroid dienone is 1. The molecule has 3 aliphatic rings. The first-order valence-electron chi connectivity index (χ1n) is 12.9. The van der Waals surface area contributed by atoms with E-state index < -0.39 is 0 Å². The minimum Gasteiger partial charge on any atom is -0.355 e. The molecule has 3 N–H and O–H groups in total. The van der Waals surface area contributed by atoms with Gasteiger partial charge in [0, 0.05) is 51.7 Å². The van der Waals surface area contributed by atoms with E-state index in [2.05, 4.69) is 26.6 Å². The number of nitrogens with one attached hydrogen (secondary N) is 3. The van der Waals surface area contributed by atoms with Crippen molar-refractivity contribution in [2.24, 2.45) is 5.92 Å². The van der Waals surface area contributed by atoms with Crippen molar-refractivity contribution in [2.75, 3.05) is 18.5 Å². The molecule has 39 heavy (non-hydrogen) atoms. The number of carbonyl (C=O) groups excluding carboxylic acids is 3. The zero-order valence-electron chi connectivity index (χ0n) is 21.7. The number of anilines is 1. The molecule has 2 aliphatic heterocycles. The molecule has 0 spiro atoms. The number of carbonyl (C=O) groups is 3. The van der Waals surface area contributed by atoms with E-state index in [0.717, 1.165) is 18.4 Å². The first-order valence-corrected chi connectivity index (χ1v) is 14.0. The molecule has 8 nitrogen and oxygen atoms in total. The van der Waals surface area contributed by atoms with E-state index in [9.17, 15) is 14.4 Å². The van der Waals surface area contributed by atoms with E-state index in [4.69, 9.17) is 17.0 Å². The number of amides is 3. The highest BCUT2D eigenvalue weighted by molar-refractivity contribution is 9.10. The largest absolute Gasteiger partial charge is 0.355 e. The van der Waals surface area contributed by atoms with Crippen LogP contribution in [-0.2, 0) is 4.79 Å². The normalized spacial score (nSPS) is 20.3. The Hall–Kier alpha value is -3.43. The molecular formula is C29H29BrClN5O3. The summed E-state index contributed by atoms with van der Waals surface area (Å²) in [4.78, 5) is 43.0. The van der Waals surface area contributed by atoms with Crippen molar-refractivity contribution < 1.29 is 14.4 Å². The fourth-order valence-electron chi connectivity index (χ4n) is 5.02. The average Bonchev–Trinajstić information content (AvgIpc) is 3.77. The summed E-state index contributed by atoms with van der Waals surface area (Å²) in [7, 11) is 1.57. The lowest BCUT2D eigenvalue weighted by molar-refractivity contribution is -0.115. The van der Waals surface area contributed by atoms with Gasteiger partial charge in [-0.1, -0.05) is 11.6 Å². The van der Waals surface area contributed by atoms with Gasteiger partial charge >= 0.3 is 0 Å². The Morgan fingerprint density at radius 3 is 2.49 bits per heavy atom. The van der Waals surface area contributed by atoms with Crippen LogP contribution < -0.4 is 15.5 Å². The zero-order chi connectivity index (χ0) is 27.8. The molecule has 1 atom stereocenters. The van der Waals surface area contributed by atoms with Gasteiger partial charge in [0.2, 0.25) is 0 Å². The van der Waals surface area contributed by atoms with E-state index in [0.29, 0.717) is 62.2 Å². The summed E-state index contributed by atoms with van der Waals surface area (Å²) in [5.74, 6) is 0.456. The van der Waals surface area contributed by atoms with Gasteiger partial charge in [-0.3, -0.25) is 19.3 Å². The molecule has 2 aromatic rings. The highest BCUT2D eigenvalue weighted by Gasteiger charge is 2.40. The topological polar surface area (TPSA) is 106 Å². The molecule has 10 heteroatoms. The fraction of sp³-hybridized carbons (Fsp3) is 0.310. The summed E-state index contributed by atoms with van der Waals surface area (Å²) < 4.78 is 0.713. The van der Waals surface area contributed by atoms with Crippen LogP contribution in [0, 0.1) is 11.3 Å². The lowest BCUT2D eigenvalue weighted by Crippen LogP contribution is -2.53. The van der Waals surface area contributed by atoms with Gasteiger partial charge in [-0.15, -0.1) is 0 Å². The molecule has 1 fully saturated rings. The van der Waals surface area contributed by atoms with Gasteiger partial charge in [0.25, 0.3) is 17.7 Å². The Kier molecular flexibility index (Phi) is 7.64. The predicted molar refractivity (Wildman–Crippen MR) is 155 cm³/mol. The van der Waals surface area contributed by atoms with E-state index in [-0.39, 0.29) is 30.3 Å². The third-order valence-electron chi connectivity index (χ3n) is 7.40. The number of benzene rings is 2. The van der Waals surface area contributed by atoms with Crippen molar-refractivity contribution in [1.82, 2.24) is 15.5 Å². The second-order valence-electron chi connectivity index (χ2n) is 10.1. The van der Waals surface area contributed by atoms with Gasteiger partial charge in [-0.05, 0) is 96.9 Å². The van der Waals surface area contributed by atoms with Gasteiger partial charge in [-0.2, -0.15) is 0 Å². The first-order chi connectivity index (χ1) is 18.7. The van der Waals surface area contributed by atoms with Gasteiger partial charge in [0.1, 0.15) is 5.82 Å². The minimum atomic E-state index is -0.221. The van der Waals surface area contributed by atoms with E-state index in [1.807, 2.05) is 6.92 Å². The summed E-state index contributed by atoms with van der Waals surface area (Å²) in [5.41, 5.74) is 3.57. The summed E-state index contributed by atoms with van der Waals surface area (Å²) in [5, 5.41) is 14.7. The smallest absolute Gasteiger partial charge is 0.261 e. The fourth-order valence-corrected chi connectivity index (χ4v) is 5.44. The van der Waals surface area contributed by atoms with Crippen LogP contribution in [0.15, 0.2) is 69.6 Å². The molecule has 1 saturated carbocycles. The van der Waals surface area contributed by atoms with Gasteiger partial charge in [0.05, 0.1) is 17.3 Å². The van der Waals surface area contributed by atoms with Gasteiger partial charge < -0.3 is 20.9 Å². The predicted octanol–water partition coefficient (Wildman–Crippen LogP) is 5.25. The average molecular weight is 611 g/mol. The third kappa shape index (κ3) is 5.38. The number of rotatable bonds is 6. The van der Waals surface area contributed by atoms with Crippen LogP contribution in [0.4, 0.5) is 5.69 Å². The molecule has 5 rings (SSSR count). The van der Waals surface area contributed by atoms with Crippen LogP contribution in [0.3, 0.4) is 0 Å². The molecule has 0 unspecified atom stereocenters. The highest BCUT2D eigenvalue weighted by atomic mass is 79.9. The van der Waals surface area contributed by atoms with Gasteiger partial charge in [0.15, 0.2) is 0 Å². The standard InChI is InChI=1S/C29H29BrClN5O3/c1-16-11-22-25(15-35(16)28(38)19-7-10-23(30)24(31)13-19)34-26(20(14-32)12-17-3-4-17)36(29(22)39)21-8-5-18(6-9-21)27(37)33-2/h5-10,13-14,16-17,32,34H,3-4,11-12,15H2,1-2H3,(H,33,37)/b26-20+,32-14?/t16-/m1/s1. The second-order valence-corrected chi connectivity index (χ2v) is 11.4. The molecule has 1 aliphatic carbocycles. The van der Waals surface area contributed by atoms with Crippen molar-refractivity contribution in [1.29, 1.82) is 5.41 Å². The van der Waals surface area contributed by atoms with Crippen LogP contribution in [0.2, 0.25) is 5.02 Å². The maximum Gasteiger partial charge on any atom is 0.261 e. The van der Waals surface area contributed by atoms with Crippen LogP contribution in [0.1, 0.15) is 53.3 Å². The van der Waals surface area contributed by atoms with Crippen molar-refractivity contribution in [3.8, 4) is 0 Å². The van der Waals surface area contributed by atoms with Gasteiger partial charge in [-0.25, -0.2) is 0 Å².